The SMILES string of the molecule is O=C(CCN1CCSC1=O)NCc1ccc(N2CCCC2=O)cc1. The van der Waals surface area contributed by atoms with E-state index < -0.39 is 0 Å². The Bertz CT molecular complexity index is 632. The van der Waals surface area contributed by atoms with Crippen molar-refractivity contribution in [1.82, 2.24) is 10.2 Å². The Morgan fingerprint density at radius 3 is 2.58 bits per heavy atom. The molecular weight excluding hydrogens is 326 g/mol. The first-order chi connectivity index (χ1) is 11.6. The highest BCUT2D eigenvalue weighted by Crippen LogP contribution is 2.21. The van der Waals surface area contributed by atoms with E-state index in [2.05, 4.69) is 5.32 Å². The van der Waals surface area contributed by atoms with Gasteiger partial charge in [-0.3, -0.25) is 14.4 Å². The third-order valence-corrected chi connectivity index (χ3v) is 5.16. The van der Waals surface area contributed by atoms with Gasteiger partial charge in [0.2, 0.25) is 11.8 Å². The number of nitrogens with zero attached hydrogens (tertiary/aromatic N) is 2. The van der Waals surface area contributed by atoms with Gasteiger partial charge in [-0.2, -0.15) is 0 Å². The molecule has 128 valence electrons. The van der Waals surface area contributed by atoms with Crippen LogP contribution in [0.5, 0.6) is 0 Å². The Labute approximate surface area is 145 Å². The fraction of sp³-hybridized carbons (Fsp3) is 0.471. The smallest absolute Gasteiger partial charge is 0.281 e. The first kappa shape index (κ1) is 16.8. The van der Waals surface area contributed by atoms with Gasteiger partial charge in [0, 0.05) is 50.5 Å². The lowest BCUT2D eigenvalue weighted by Crippen LogP contribution is -2.30. The molecule has 0 spiro atoms. The lowest BCUT2D eigenvalue weighted by molar-refractivity contribution is -0.121. The topological polar surface area (TPSA) is 69.7 Å². The molecule has 2 aliphatic rings. The summed E-state index contributed by atoms with van der Waals surface area (Å²) >= 11 is 1.31. The van der Waals surface area contributed by atoms with Gasteiger partial charge in [0.15, 0.2) is 0 Å². The van der Waals surface area contributed by atoms with Crippen molar-refractivity contribution in [2.75, 3.05) is 30.3 Å². The number of carbonyl (C=O) groups excluding carboxylic acids is 3. The molecule has 2 heterocycles. The molecule has 7 heteroatoms. The number of anilines is 1. The van der Waals surface area contributed by atoms with E-state index in [1.165, 1.54) is 11.8 Å². The normalized spacial score (nSPS) is 17.7. The van der Waals surface area contributed by atoms with Gasteiger partial charge in [-0.1, -0.05) is 23.9 Å². The van der Waals surface area contributed by atoms with Crippen LogP contribution in [0.4, 0.5) is 10.5 Å². The van der Waals surface area contributed by atoms with E-state index in [4.69, 9.17) is 0 Å². The molecule has 0 bridgehead atoms. The maximum atomic E-state index is 11.9. The second-order valence-corrected chi connectivity index (χ2v) is 6.99. The van der Waals surface area contributed by atoms with Crippen molar-refractivity contribution in [2.45, 2.75) is 25.8 Å². The van der Waals surface area contributed by atoms with Gasteiger partial charge in [-0.15, -0.1) is 0 Å². The summed E-state index contributed by atoms with van der Waals surface area (Å²) in [7, 11) is 0. The Morgan fingerprint density at radius 2 is 1.96 bits per heavy atom. The lowest BCUT2D eigenvalue weighted by atomic mass is 10.2. The summed E-state index contributed by atoms with van der Waals surface area (Å²) in [6.07, 6.45) is 1.86. The predicted octanol–water partition coefficient (Wildman–Crippen LogP) is 1.99. The van der Waals surface area contributed by atoms with Gasteiger partial charge in [0.05, 0.1) is 0 Å². The van der Waals surface area contributed by atoms with E-state index in [0.717, 1.165) is 36.5 Å². The summed E-state index contributed by atoms with van der Waals surface area (Å²) in [6.45, 7) is 2.44. The average molecular weight is 347 g/mol. The highest BCUT2D eigenvalue weighted by molar-refractivity contribution is 8.13. The fourth-order valence-electron chi connectivity index (χ4n) is 2.87. The maximum Gasteiger partial charge on any atom is 0.281 e. The third-order valence-electron chi connectivity index (χ3n) is 4.26. The molecule has 1 N–H and O–H groups in total. The molecular formula is C17H21N3O3S. The van der Waals surface area contributed by atoms with Crippen LogP contribution in [-0.4, -0.2) is 47.3 Å². The van der Waals surface area contributed by atoms with Crippen molar-refractivity contribution in [2.24, 2.45) is 0 Å². The van der Waals surface area contributed by atoms with Crippen molar-refractivity contribution < 1.29 is 14.4 Å². The number of nitrogens with one attached hydrogen (secondary N) is 1. The number of hydrogen-bond donors (Lipinski definition) is 1. The van der Waals surface area contributed by atoms with Gasteiger partial charge in [0.1, 0.15) is 0 Å². The van der Waals surface area contributed by atoms with Crippen LogP contribution in [0.15, 0.2) is 24.3 Å². The molecule has 1 aromatic rings. The van der Waals surface area contributed by atoms with Crippen molar-refractivity contribution in [1.29, 1.82) is 0 Å². The van der Waals surface area contributed by atoms with E-state index in [-0.39, 0.29) is 17.1 Å². The zero-order chi connectivity index (χ0) is 16.9. The largest absolute Gasteiger partial charge is 0.352 e. The number of hydrogen-bond acceptors (Lipinski definition) is 4. The van der Waals surface area contributed by atoms with Gasteiger partial charge >= 0.3 is 0 Å². The highest BCUT2D eigenvalue weighted by Gasteiger charge is 2.22. The lowest BCUT2D eigenvalue weighted by Gasteiger charge is -2.16. The van der Waals surface area contributed by atoms with E-state index in [9.17, 15) is 14.4 Å². The van der Waals surface area contributed by atoms with Gasteiger partial charge in [-0.25, -0.2) is 0 Å². The second kappa shape index (κ2) is 7.70. The number of rotatable bonds is 6. The summed E-state index contributed by atoms with van der Waals surface area (Å²) in [5, 5.41) is 2.94. The van der Waals surface area contributed by atoms with Crippen LogP contribution >= 0.6 is 11.8 Å². The minimum Gasteiger partial charge on any atom is -0.352 e. The molecule has 0 atom stereocenters. The van der Waals surface area contributed by atoms with Crippen LogP contribution in [0.3, 0.4) is 0 Å². The van der Waals surface area contributed by atoms with Crippen LogP contribution in [0.2, 0.25) is 0 Å². The molecule has 2 aliphatic heterocycles. The molecule has 3 amide bonds. The van der Waals surface area contributed by atoms with E-state index in [1.54, 1.807) is 9.80 Å². The van der Waals surface area contributed by atoms with Crippen molar-refractivity contribution in [3.05, 3.63) is 29.8 Å². The fourth-order valence-corrected chi connectivity index (χ4v) is 3.72. The molecule has 0 aliphatic carbocycles. The van der Waals surface area contributed by atoms with Crippen LogP contribution in [-0.2, 0) is 16.1 Å². The summed E-state index contributed by atoms with van der Waals surface area (Å²) in [5.74, 6) is 0.927. The second-order valence-electron chi connectivity index (χ2n) is 5.94. The van der Waals surface area contributed by atoms with Crippen molar-refractivity contribution in [3.63, 3.8) is 0 Å². The quantitative estimate of drug-likeness (QED) is 0.854. The number of amides is 3. The summed E-state index contributed by atoms with van der Waals surface area (Å²) in [5.41, 5.74) is 1.91. The van der Waals surface area contributed by atoms with Crippen molar-refractivity contribution >= 4 is 34.5 Å². The monoisotopic (exact) mass is 347 g/mol. The highest BCUT2D eigenvalue weighted by atomic mass is 32.2. The minimum absolute atomic E-state index is 0.0569. The summed E-state index contributed by atoms with van der Waals surface area (Å²) in [6, 6.07) is 7.71. The molecule has 0 radical (unpaired) electrons. The molecule has 2 fully saturated rings. The molecule has 0 saturated carbocycles. The molecule has 2 saturated heterocycles. The first-order valence-corrected chi connectivity index (χ1v) is 9.20. The molecule has 1 aromatic carbocycles. The maximum absolute atomic E-state index is 11.9. The zero-order valence-corrected chi connectivity index (χ0v) is 14.3. The Kier molecular flexibility index (Phi) is 5.40. The minimum atomic E-state index is -0.0569. The molecule has 6 nitrogen and oxygen atoms in total. The van der Waals surface area contributed by atoms with E-state index in [0.29, 0.717) is 25.9 Å². The Balaban J connectivity index is 1.43. The van der Waals surface area contributed by atoms with Gasteiger partial charge in [0.25, 0.3) is 5.24 Å². The summed E-state index contributed by atoms with van der Waals surface area (Å²) in [4.78, 5) is 38.6. The average Bonchev–Trinajstić information content (AvgIpc) is 3.20. The van der Waals surface area contributed by atoms with Crippen LogP contribution in [0.25, 0.3) is 0 Å². The molecule has 24 heavy (non-hydrogen) atoms. The van der Waals surface area contributed by atoms with Gasteiger partial charge in [-0.05, 0) is 24.1 Å². The number of carbonyl (C=O) groups is 3. The van der Waals surface area contributed by atoms with Crippen molar-refractivity contribution in [3.8, 4) is 0 Å². The zero-order valence-electron chi connectivity index (χ0n) is 13.5. The predicted molar refractivity (Wildman–Crippen MR) is 93.9 cm³/mol. The summed E-state index contributed by atoms with van der Waals surface area (Å²) < 4.78 is 0. The molecule has 0 aromatic heterocycles. The number of benzene rings is 1. The Hall–Kier alpha value is -2.02. The van der Waals surface area contributed by atoms with Crippen LogP contribution in [0.1, 0.15) is 24.8 Å². The first-order valence-electron chi connectivity index (χ1n) is 8.21. The van der Waals surface area contributed by atoms with Gasteiger partial charge < -0.3 is 15.1 Å². The van der Waals surface area contributed by atoms with Crippen LogP contribution in [0, 0.1) is 0 Å². The Morgan fingerprint density at radius 1 is 1.17 bits per heavy atom. The standard InChI is InChI=1S/C17H21N3O3S/c21-15(7-9-19-10-11-24-17(19)23)18-12-13-3-5-14(6-4-13)20-8-1-2-16(20)22/h3-6H,1-2,7-12H2,(H,18,21). The third kappa shape index (κ3) is 4.08. The number of thioether (sulfide) groups is 1. The van der Waals surface area contributed by atoms with Crippen LogP contribution < -0.4 is 10.2 Å². The van der Waals surface area contributed by atoms with E-state index >= 15 is 0 Å². The molecule has 3 rings (SSSR count). The molecule has 0 unspecified atom stereocenters. The van der Waals surface area contributed by atoms with E-state index in [1.807, 2.05) is 24.3 Å².